The van der Waals surface area contributed by atoms with Crippen molar-refractivity contribution in [3.8, 4) is 95.7 Å². The van der Waals surface area contributed by atoms with E-state index in [1.807, 2.05) is 6.08 Å². The van der Waals surface area contributed by atoms with Crippen molar-refractivity contribution < 1.29 is 0 Å². The molecule has 0 aliphatic heterocycles. The van der Waals surface area contributed by atoms with Gasteiger partial charge in [-0.1, -0.05) is 395 Å². The molecule has 3 aliphatic carbocycles. The topological polar surface area (TPSA) is 53.5 Å². The third-order valence-electron chi connectivity index (χ3n) is 27.5. The molecule has 6 nitrogen and oxygen atoms in total. The second-order valence-corrected chi connectivity index (χ2v) is 33.5. The molecule has 2 unspecified atom stereocenters. The van der Waals surface area contributed by atoms with Crippen LogP contribution in [-0.2, 0) is 16.2 Å². The van der Waals surface area contributed by atoms with Crippen molar-refractivity contribution in [1.29, 1.82) is 0 Å². The fourth-order valence-electron chi connectivity index (χ4n) is 22.4. The van der Waals surface area contributed by atoms with Gasteiger partial charge >= 0.3 is 0 Å². The summed E-state index contributed by atoms with van der Waals surface area (Å²) in [6.07, 6.45) is 4.28. The predicted octanol–water partition coefficient (Wildman–Crippen LogP) is 29.0. The number of para-hydroxylation sites is 3. The van der Waals surface area contributed by atoms with Gasteiger partial charge in [0.2, 0.25) is 11.9 Å². The Morgan fingerprint density at radius 1 is 0.256 bits per heavy atom. The molecule has 6 heteroatoms. The fraction of sp³-hybridized carbons (Fsp3) is 0.0336. The van der Waals surface area contributed by atoms with Gasteiger partial charge in [-0.25, -0.2) is 0 Å². The molecule has 0 spiro atoms. The van der Waals surface area contributed by atoms with E-state index in [-0.39, 0.29) is 0 Å². The molecule has 25 rings (SSSR count). The first-order chi connectivity index (χ1) is 61.9. The molecule has 0 fully saturated rings. The van der Waals surface area contributed by atoms with E-state index in [0.29, 0.717) is 17.7 Å². The number of nitrogens with zero attached hydrogens (tertiary/aromatic N) is 6. The lowest BCUT2D eigenvalue weighted by Gasteiger charge is -2.34. The van der Waals surface area contributed by atoms with E-state index in [0.717, 1.165) is 133 Å². The average Bonchev–Trinajstić information content (AvgIpc) is 1.53. The minimum absolute atomic E-state index is 0.508. The molecule has 0 saturated heterocycles. The van der Waals surface area contributed by atoms with Crippen molar-refractivity contribution in [2.75, 3.05) is 0 Å². The average molecular weight is 1590 g/mol. The van der Waals surface area contributed by atoms with Gasteiger partial charge in [0, 0.05) is 54.7 Å². The molecule has 125 heavy (non-hydrogen) atoms. The van der Waals surface area contributed by atoms with Gasteiger partial charge in [0.1, 0.15) is 0 Å². The number of fused-ring (bicyclic) bond motifs is 20. The molecule has 18 aromatic carbocycles. The lowest BCUT2D eigenvalue weighted by molar-refractivity contribution is 0.766. The quantitative estimate of drug-likeness (QED) is 0.102. The van der Waals surface area contributed by atoms with Gasteiger partial charge < -0.3 is 4.57 Å². The van der Waals surface area contributed by atoms with E-state index in [4.69, 9.17) is 15.0 Å². The molecule has 2 atom stereocenters. The highest BCUT2D eigenvalue weighted by atomic mass is 15.3. The summed E-state index contributed by atoms with van der Waals surface area (Å²) >= 11 is 0. The van der Waals surface area contributed by atoms with Crippen LogP contribution in [0.3, 0.4) is 0 Å². The number of rotatable bonds is 14. The molecule has 0 N–H and O–H groups in total. The lowest BCUT2D eigenvalue weighted by atomic mass is 9.67. The van der Waals surface area contributed by atoms with Crippen LogP contribution in [-0.4, -0.2) is 28.7 Å². The van der Waals surface area contributed by atoms with Gasteiger partial charge in [0.15, 0.2) is 5.82 Å². The third kappa shape index (κ3) is 10.2. The van der Waals surface area contributed by atoms with Crippen molar-refractivity contribution in [2.24, 2.45) is 0 Å². The van der Waals surface area contributed by atoms with Gasteiger partial charge in [-0.3, -0.25) is 9.13 Å². The predicted molar refractivity (Wildman–Crippen MR) is 515 cm³/mol. The summed E-state index contributed by atoms with van der Waals surface area (Å²) in [5.74, 6) is 1.58. The highest BCUT2D eigenvalue weighted by molar-refractivity contribution is 6.18. The van der Waals surface area contributed by atoms with E-state index in [1.165, 1.54) is 77.5 Å². The zero-order valence-corrected chi connectivity index (χ0v) is 68.5. The Labute approximate surface area is 724 Å². The van der Waals surface area contributed by atoms with Crippen molar-refractivity contribution in [3.05, 3.63) is 516 Å². The van der Waals surface area contributed by atoms with Crippen LogP contribution in [0.2, 0.25) is 0 Å². The first-order valence-corrected chi connectivity index (χ1v) is 43.2. The molecule has 4 heterocycles. The minimum atomic E-state index is -0.786. The highest BCUT2D eigenvalue weighted by Crippen LogP contribution is 2.63. The molecule has 584 valence electrons. The normalized spacial score (nSPS) is 15.3. The highest BCUT2D eigenvalue weighted by Gasteiger charge is 2.51. The van der Waals surface area contributed by atoms with E-state index >= 15 is 0 Å². The number of benzene rings is 18. The summed E-state index contributed by atoms with van der Waals surface area (Å²) in [5, 5.41) is 6.83. The molecule has 0 bridgehead atoms. The molecule has 4 aromatic heterocycles. The zero-order chi connectivity index (χ0) is 82.6. The van der Waals surface area contributed by atoms with E-state index in [9.17, 15) is 0 Å². The Bertz CT molecular complexity index is 8180. The molecule has 0 amide bonds. The lowest BCUT2D eigenvalue weighted by Crippen LogP contribution is -2.28. The molecule has 0 radical (unpaired) electrons. The Morgan fingerprint density at radius 3 is 1.22 bits per heavy atom. The maximum Gasteiger partial charge on any atom is 0.240 e. The number of allylic oxidation sites excluding steroid dienone is 3. The van der Waals surface area contributed by atoms with Crippen LogP contribution < -0.4 is 0 Å². The molecule has 0 saturated carbocycles. The second-order valence-electron chi connectivity index (χ2n) is 33.5. The van der Waals surface area contributed by atoms with Crippen molar-refractivity contribution in [1.82, 2.24) is 28.7 Å². The molecule has 22 aromatic rings. The Balaban J connectivity index is 0.663. The van der Waals surface area contributed by atoms with E-state index < -0.39 is 16.2 Å². The zero-order valence-electron chi connectivity index (χ0n) is 68.5. The van der Waals surface area contributed by atoms with E-state index in [2.05, 4.69) is 464 Å². The largest absolute Gasteiger partial charge is 0.309 e. The van der Waals surface area contributed by atoms with Gasteiger partial charge in [-0.15, -0.1) is 0 Å². The monoisotopic (exact) mass is 1590 g/mol. The smallest absolute Gasteiger partial charge is 0.240 e. The summed E-state index contributed by atoms with van der Waals surface area (Å²) in [6.45, 7) is 6.65. The summed E-state index contributed by atoms with van der Waals surface area (Å²) in [4.78, 5) is 17.4. The van der Waals surface area contributed by atoms with E-state index in [1.54, 1.807) is 0 Å². The summed E-state index contributed by atoms with van der Waals surface area (Å²) in [7, 11) is 0. The number of hydrogen-bond donors (Lipinski definition) is 0. The van der Waals surface area contributed by atoms with Crippen molar-refractivity contribution >= 4 is 65.4 Å². The van der Waals surface area contributed by atoms with Gasteiger partial charge in [-0.05, 0) is 184 Å². The van der Waals surface area contributed by atoms with Crippen LogP contribution in [0.15, 0.2) is 455 Å². The van der Waals surface area contributed by atoms with Gasteiger partial charge in [-0.2, -0.15) is 15.0 Å². The van der Waals surface area contributed by atoms with Crippen LogP contribution in [0.4, 0.5) is 0 Å². The first-order valence-electron chi connectivity index (χ1n) is 43.2. The molecule has 3 aliphatic rings. The van der Waals surface area contributed by atoms with Crippen LogP contribution in [0, 0.1) is 0 Å². The standard InChI is InChI=1S/C119H78N6/c1-3-83(4-2)117(84-42-15-7-16-43-84)101-57-30-24-54-96(101)110-103(117)68-66-94-91-51-26-33-60-107(91)124(112(94)110)115-120-114(78-38-13-6-14-39-78)121-116(122-115)125-108-61-34-27-52-92(108)95-67-69-104-111(113(95)125)97-55-25-31-58-102(97)118(104,85-44-17-8-18-45-85)88-64-62-77(63-65-88)79-40-35-41-80(70-79)82-71-81(76-36-11-5-12-37-76)72-89(73-82)123-106-59-32-28-53-93(106)99-74-98-90-50-23-29-56-100(90)119(105(98)75-109(99)123,86-46-19-9-20-47-86)87-48-21-10-22-49-87/h3-75H,1H2,2H3/b83-4+. The maximum absolute atomic E-state index is 5.95. The van der Waals surface area contributed by atoms with Crippen molar-refractivity contribution in [3.63, 3.8) is 0 Å². The SMILES string of the molecule is C=C/C(=C\C)C1(c2ccccc2)c2ccccc2-c2c1ccc1c3ccccc3n(-c3nc(-c4ccccc4)nc(-n4c5ccccc5c5ccc6c(c54)-c4ccccc4C6(c4ccccc4)c4ccc(-c5cccc(-c6cc(-c7ccccc7)cc(-n7c8ccccc8c8cc9c(cc87)C(c7ccccc7)(c7ccccc7)c7ccccc7-9)c6)c5)cc4)n3)c21. The number of hydrogen-bond acceptors (Lipinski definition) is 3. The Hall–Kier alpha value is -16.2. The third-order valence-corrected chi connectivity index (χ3v) is 27.5. The summed E-state index contributed by atoms with van der Waals surface area (Å²) in [5.41, 5.74) is 34.5. The van der Waals surface area contributed by atoms with Crippen LogP contribution >= 0.6 is 0 Å². The minimum Gasteiger partial charge on any atom is -0.309 e. The Morgan fingerprint density at radius 2 is 0.656 bits per heavy atom. The Kier molecular flexibility index (Phi) is 16.0. The van der Waals surface area contributed by atoms with Crippen LogP contribution in [0.5, 0.6) is 0 Å². The number of aromatic nitrogens is 6. The maximum atomic E-state index is 5.95. The summed E-state index contributed by atoms with van der Waals surface area (Å²) in [6, 6.07) is 160. The van der Waals surface area contributed by atoms with Gasteiger partial charge in [0.25, 0.3) is 0 Å². The van der Waals surface area contributed by atoms with Gasteiger partial charge in [0.05, 0.1) is 49.3 Å². The summed E-state index contributed by atoms with van der Waals surface area (Å²) < 4.78 is 7.20. The molecular weight excluding hydrogens is 1510 g/mol. The fourth-order valence-corrected chi connectivity index (χ4v) is 22.4. The first kappa shape index (κ1) is 71.7. The molecular formula is C119H78N6. The van der Waals surface area contributed by atoms with Crippen LogP contribution in [0.1, 0.15) is 68.1 Å². The second kappa shape index (κ2) is 28.0. The van der Waals surface area contributed by atoms with Crippen molar-refractivity contribution in [2.45, 2.75) is 23.2 Å². The van der Waals surface area contributed by atoms with Crippen LogP contribution in [0.25, 0.3) is 161 Å².